The number of ether oxygens (including phenoxy) is 4. The van der Waals surface area contributed by atoms with Gasteiger partial charge in [0.1, 0.15) is 11.9 Å². The number of hydrogen-bond acceptors (Lipinski definition) is 5. The molecule has 1 N–H and O–H groups in total. The predicted molar refractivity (Wildman–Crippen MR) is 129 cm³/mol. The van der Waals surface area contributed by atoms with Crippen LogP contribution in [0, 0.1) is 0 Å². The Morgan fingerprint density at radius 3 is 2.50 bits per heavy atom. The predicted octanol–water partition coefficient (Wildman–Crippen LogP) is 5.95. The topological polar surface area (TPSA) is 65.6 Å². The Labute approximate surface area is 207 Å². The number of para-hydroxylation sites is 1. The molecule has 0 radical (unpaired) electrons. The van der Waals surface area contributed by atoms with E-state index in [2.05, 4.69) is 9.97 Å². The van der Waals surface area contributed by atoms with Crippen LogP contribution < -0.4 is 4.74 Å². The van der Waals surface area contributed by atoms with Gasteiger partial charge in [-0.05, 0) is 29.8 Å². The van der Waals surface area contributed by atoms with E-state index >= 15 is 0 Å². The highest BCUT2D eigenvalue weighted by Gasteiger charge is 2.51. The molecule has 1 aliphatic rings. The van der Waals surface area contributed by atoms with E-state index < -0.39 is 18.2 Å². The minimum atomic E-state index is -1.37. The number of rotatable bonds is 8. The Kier molecular flexibility index (Phi) is 6.85. The number of H-pyrrole nitrogens is 1. The Bertz CT molecular complexity index is 1210. The smallest absolute Gasteiger partial charge is 0.258 e. The van der Waals surface area contributed by atoms with E-state index in [1.54, 1.807) is 30.6 Å². The number of aromatic amines is 1. The summed E-state index contributed by atoms with van der Waals surface area (Å²) in [5, 5.41) is 0.907. The molecule has 1 fully saturated rings. The van der Waals surface area contributed by atoms with E-state index in [9.17, 15) is 0 Å². The molecular formula is C26H22Cl2N2O4. The lowest BCUT2D eigenvalue weighted by Gasteiger charge is -2.29. The van der Waals surface area contributed by atoms with Crippen molar-refractivity contribution in [2.75, 3.05) is 6.61 Å². The van der Waals surface area contributed by atoms with Crippen LogP contribution in [-0.2, 0) is 26.6 Å². The Morgan fingerprint density at radius 1 is 1.03 bits per heavy atom. The third kappa shape index (κ3) is 4.82. The van der Waals surface area contributed by atoms with Crippen LogP contribution in [0.3, 0.4) is 0 Å². The molecule has 5 rings (SSSR count). The summed E-state index contributed by atoms with van der Waals surface area (Å²) in [6.07, 6.45) is 1.99. The summed E-state index contributed by atoms with van der Waals surface area (Å²) in [7, 11) is 0. The van der Waals surface area contributed by atoms with Crippen LogP contribution in [0.2, 0.25) is 10.0 Å². The molecule has 1 aliphatic heterocycles. The third-order valence-electron chi connectivity index (χ3n) is 5.42. The quantitative estimate of drug-likeness (QED) is 0.305. The Hall–Kier alpha value is -2.87. The van der Waals surface area contributed by atoms with E-state index in [0.29, 0.717) is 33.8 Å². The van der Waals surface area contributed by atoms with Crippen LogP contribution in [0.15, 0.2) is 91.3 Å². The van der Waals surface area contributed by atoms with Gasteiger partial charge in [0.25, 0.3) is 5.79 Å². The minimum Gasteiger partial charge on any atom is -0.462 e. The average Bonchev–Trinajstić information content (AvgIpc) is 3.55. The zero-order valence-electron chi connectivity index (χ0n) is 18.1. The minimum absolute atomic E-state index is 0.186. The molecule has 8 heteroatoms. The van der Waals surface area contributed by atoms with Crippen molar-refractivity contribution in [3.8, 4) is 5.75 Å². The third-order valence-corrected chi connectivity index (χ3v) is 5.97. The van der Waals surface area contributed by atoms with Gasteiger partial charge in [0, 0.05) is 23.0 Å². The lowest BCUT2D eigenvalue weighted by molar-refractivity contribution is -0.200. The van der Waals surface area contributed by atoms with Crippen molar-refractivity contribution >= 4 is 23.2 Å². The Morgan fingerprint density at radius 2 is 1.79 bits per heavy atom. The van der Waals surface area contributed by atoms with Gasteiger partial charge in [-0.3, -0.25) is 0 Å². The molecule has 0 saturated carbocycles. The highest BCUT2D eigenvalue weighted by Crippen LogP contribution is 2.43. The van der Waals surface area contributed by atoms with Crippen molar-refractivity contribution in [1.82, 2.24) is 9.97 Å². The molecule has 1 saturated heterocycles. The van der Waals surface area contributed by atoms with Crippen molar-refractivity contribution in [1.29, 1.82) is 0 Å². The summed E-state index contributed by atoms with van der Waals surface area (Å²) in [6, 6.07) is 24.5. The van der Waals surface area contributed by atoms with Gasteiger partial charge >= 0.3 is 0 Å². The van der Waals surface area contributed by atoms with E-state index in [0.717, 1.165) is 5.56 Å². The second kappa shape index (κ2) is 10.2. The van der Waals surface area contributed by atoms with Gasteiger partial charge in [-0.15, -0.1) is 0 Å². The fraction of sp³-hybridized carbons (Fsp3) is 0.192. The highest BCUT2D eigenvalue weighted by atomic mass is 35.5. The largest absolute Gasteiger partial charge is 0.462 e. The maximum Gasteiger partial charge on any atom is 0.258 e. The lowest BCUT2D eigenvalue weighted by Crippen LogP contribution is -2.39. The second-order valence-corrected chi connectivity index (χ2v) is 8.59. The van der Waals surface area contributed by atoms with Gasteiger partial charge < -0.3 is 23.9 Å². The SMILES string of the molecule is Clc1ccc([C@]2(c3ncc[nH]3)OC[C@@H](C(OCc3ccccc3)Oc3ccccc3)O2)c(Cl)c1. The van der Waals surface area contributed by atoms with Crippen LogP contribution in [0.4, 0.5) is 0 Å². The molecule has 3 atom stereocenters. The molecule has 0 amide bonds. The second-order valence-electron chi connectivity index (χ2n) is 7.74. The number of halogens is 2. The van der Waals surface area contributed by atoms with Crippen molar-refractivity contribution in [2.45, 2.75) is 24.8 Å². The van der Waals surface area contributed by atoms with Gasteiger partial charge in [0.2, 0.25) is 6.29 Å². The summed E-state index contributed by atoms with van der Waals surface area (Å²) in [5.41, 5.74) is 1.60. The first-order valence-electron chi connectivity index (χ1n) is 10.8. The molecule has 1 aromatic heterocycles. The fourth-order valence-corrected chi connectivity index (χ4v) is 4.35. The zero-order valence-corrected chi connectivity index (χ0v) is 19.6. The molecule has 0 bridgehead atoms. The zero-order chi connectivity index (χ0) is 23.4. The molecule has 174 valence electrons. The number of hydrogen-bond donors (Lipinski definition) is 1. The number of nitrogens with zero attached hydrogens (tertiary/aromatic N) is 1. The highest BCUT2D eigenvalue weighted by molar-refractivity contribution is 6.35. The molecule has 34 heavy (non-hydrogen) atoms. The monoisotopic (exact) mass is 496 g/mol. The summed E-state index contributed by atoms with van der Waals surface area (Å²) >= 11 is 12.7. The molecule has 3 aromatic carbocycles. The van der Waals surface area contributed by atoms with E-state index in [-0.39, 0.29) is 6.61 Å². The van der Waals surface area contributed by atoms with Gasteiger partial charge in [0.05, 0.1) is 18.2 Å². The molecule has 0 spiro atoms. The number of aromatic nitrogens is 2. The van der Waals surface area contributed by atoms with Crippen LogP contribution in [0.25, 0.3) is 0 Å². The summed E-state index contributed by atoms with van der Waals surface area (Å²) in [5.74, 6) is -0.255. The van der Waals surface area contributed by atoms with E-state index in [1.165, 1.54) is 0 Å². The maximum atomic E-state index is 6.57. The summed E-state index contributed by atoms with van der Waals surface area (Å²) in [4.78, 5) is 7.50. The van der Waals surface area contributed by atoms with Crippen LogP contribution >= 0.6 is 23.2 Å². The molecule has 6 nitrogen and oxygen atoms in total. The summed E-state index contributed by atoms with van der Waals surface area (Å²) in [6.45, 7) is 0.527. The number of imidazole rings is 1. The molecular weight excluding hydrogens is 475 g/mol. The number of benzene rings is 3. The number of nitrogens with one attached hydrogen (secondary N) is 1. The Balaban J connectivity index is 1.45. The van der Waals surface area contributed by atoms with Gasteiger partial charge in [-0.1, -0.05) is 77.8 Å². The first-order chi connectivity index (χ1) is 16.6. The summed E-state index contributed by atoms with van der Waals surface area (Å²) < 4.78 is 25.2. The van der Waals surface area contributed by atoms with Crippen molar-refractivity contribution in [2.24, 2.45) is 0 Å². The first-order valence-corrected chi connectivity index (χ1v) is 11.5. The van der Waals surface area contributed by atoms with Gasteiger partial charge in [0.15, 0.2) is 5.82 Å². The van der Waals surface area contributed by atoms with Crippen molar-refractivity contribution in [3.05, 3.63) is 118 Å². The van der Waals surface area contributed by atoms with E-state index in [4.69, 9.17) is 42.1 Å². The molecule has 2 heterocycles. The lowest BCUT2D eigenvalue weighted by atomic mass is 10.0. The standard InChI is InChI=1S/C26H22Cl2N2O4/c27-19-11-12-21(22(28)15-19)26(25-29-13-14-30-25)32-17-23(34-26)24(33-20-9-5-2-6-10-20)31-16-18-7-3-1-4-8-18/h1-15,23-24H,16-17H2,(H,29,30)/t23-,24?,26-/m0/s1. The fourth-order valence-electron chi connectivity index (χ4n) is 3.81. The van der Waals surface area contributed by atoms with Crippen molar-refractivity contribution < 1.29 is 18.9 Å². The van der Waals surface area contributed by atoms with Crippen LogP contribution in [0.1, 0.15) is 17.0 Å². The van der Waals surface area contributed by atoms with E-state index in [1.807, 2.05) is 60.7 Å². The van der Waals surface area contributed by atoms with Gasteiger partial charge in [-0.2, -0.15) is 0 Å². The normalized spacial score (nSPS) is 20.8. The molecule has 0 aliphatic carbocycles. The first kappa shape index (κ1) is 22.9. The van der Waals surface area contributed by atoms with Crippen molar-refractivity contribution in [3.63, 3.8) is 0 Å². The average molecular weight is 497 g/mol. The maximum absolute atomic E-state index is 6.57. The van der Waals surface area contributed by atoms with Crippen LogP contribution in [-0.4, -0.2) is 29.0 Å². The van der Waals surface area contributed by atoms with Crippen LogP contribution in [0.5, 0.6) is 5.75 Å². The molecule has 1 unspecified atom stereocenters. The molecule has 4 aromatic rings. The van der Waals surface area contributed by atoms with Gasteiger partial charge in [-0.25, -0.2) is 4.98 Å².